The first-order chi connectivity index (χ1) is 22.3. The summed E-state index contributed by atoms with van der Waals surface area (Å²) in [4.78, 5) is 28.8. The van der Waals surface area contributed by atoms with E-state index in [9.17, 15) is 20.1 Å². The molecule has 4 heterocycles. The average molecular weight is 633 g/mol. The van der Waals surface area contributed by atoms with E-state index in [2.05, 4.69) is 14.9 Å². The van der Waals surface area contributed by atoms with Crippen LogP contribution in [0.4, 0.5) is 17.5 Å². The molecular formula is C32H40N8O6. The number of aliphatic hydroxyl groups is 3. The molecule has 2 fully saturated rings. The Bertz CT molecular complexity index is 1660. The molecule has 244 valence electrons. The Kier molecular flexibility index (Phi) is 9.33. The number of aromatic nitrogens is 4. The zero-order valence-electron chi connectivity index (χ0n) is 25.6. The lowest BCUT2D eigenvalue weighted by Crippen LogP contribution is -2.39. The Labute approximate surface area is 266 Å². The standard InChI is InChI=1S/C32H40N8O6/c1-38(32-37-25-28(33)35-18-36-30(25)40(32)31-27(43)26(42)24(17-41)46-31)21-8-9-22(19-6-3-2-4-7-19)23(16-21)45-15-5-12-39-13-10-20(11-14-39)29(34)44/h2-4,6-9,16,18,20,24,26-27,31,41-43H,5,10-15,17H2,1H3,(H2,34,44)(H2,33,35,36)/t24-,26?,27?,31-/m1/s1. The number of rotatable bonds is 11. The number of aliphatic hydroxyl groups excluding tert-OH is 3. The summed E-state index contributed by atoms with van der Waals surface area (Å²) >= 11 is 0. The minimum Gasteiger partial charge on any atom is -0.493 e. The van der Waals surface area contributed by atoms with Crippen molar-refractivity contribution >= 4 is 34.5 Å². The van der Waals surface area contributed by atoms with Gasteiger partial charge >= 0.3 is 0 Å². The number of nitrogen functional groups attached to an aromatic ring is 1. The minimum atomic E-state index is -1.36. The van der Waals surface area contributed by atoms with Crippen molar-refractivity contribution in [3.63, 3.8) is 0 Å². The molecule has 2 saturated heterocycles. The van der Waals surface area contributed by atoms with Gasteiger partial charge in [-0.25, -0.2) is 15.0 Å². The van der Waals surface area contributed by atoms with Gasteiger partial charge < -0.3 is 46.1 Å². The maximum absolute atomic E-state index is 11.5. The van der Waals surface area contributed by atoms with E-state index in [0.29, 0.717) is 29.5 Å². The van der Waals surface area contributed by atoms with E-state index >= 15 is 0 Å². The average Bonchev–Trinajstić information content (AvgIpc) is 3.60. The fourth-order valence-electron chi connectivity index (χ4n) is 6.20. The Morgan fingerprint density at radius 3 is 2.57 bits per heavy atom. The number of benzene rings is 2. The Morgan fingerprint density at radius 1 is 1.11 bits per heavy atom. The van der Waals surface area contributed by atoms with Gasteiger partial charge in [0.05, 0.1) is 13.2 Å². The number of nitrogens with zero attached hydrogens (tertiary/aromatic N) is 6. The number of anilines is 3. The zero-order valence-corrected chi connectivity index (χ0v) is 25.6. The van der Waals surface area contributed by atoms with Gasteiger partial charge in [-0.05, 0) is 50.0 Å². The van der Waals surface area contributed by atoms with Crippen molar-refractivity contribution in [2.24, 2.45) is 11.7 Å². The number of likely N-dealkylation sites (tertiary alicyclic amines) is 1. The van der Waals surface area contributed by atoms with Crippen LogP contribution in [0, 0.1) is 5.92 Å². The molecule has 1 amide bonds. The first kappa shape index (κ1) is 31.6. The topological polar surface area (TPSA) is 198 Å². The molecule has 0 aliphatic carbocycles. The van der Waals surface area contributed by atoms with Crippen molar-refractivity contribution in [1.29, 1.82) is 0 Å². The normalized spacial score (nSPS) is 22.3. The zero-order chi connectivity index (χ0) is 32.4. The molecule has 7 N–H and O–H groups in total. The predicted octanol–water partition coefficient (Wildman–Crippen LogP) is 1.42. The van der Waals surface area contributed by atoms with Crippen molar-refractivity contribution < 1.29 is 29.6 Å². The third kappa shape index (κ3) is 6.22. The molecule has 14 nitrogen and oxygen atoms in total. The van der Waals surface area contributed by atoms with Crippen LogP contribution in [0.3, 0.4) is 0 Å². The van der Waals surface area contributed by atoms with E-state index in [1.807, 2.05) is 48.5 Å². The molecule has 2 aromatic heterocycles. The monoisotopic (exact) mass is 632 g/mol. The molecule has 2 aliphatic rings. The molecule has 0 spiro atoms. The molecule has 46 heavy (non-hydrogen) atoms. The minimum absolute atomic E-state index is 0.0398. The predicted molar refractivity (Wildman–Crippen MR) is 171 cm³/mol. The SMILES string of the molecule is CN(c1ccc(-c2ccccc2)c(OCCCN2CCC(C(N)=O)CC2)c1)c1nc2c(N)ncnc2n1[C@@H]1O[C@H](CO)C(O)C1O. The molecule has 2 unspecified atom stereocenters. The van der Waals surface area contributed by atoms with Crippen LogP contribution in [0.5, 0.6) is 5.75 Å². The van der Waals surface area contributed by atoms with Gasteiger partial charge in [-0.2, -0.15) is 0 Å². The van der Waals surface area contributed by atoms with E-state index in [1.165, 1.54) is 6.33 Å². The highest BCUT2D eigenvalue weighted by Gasteiger charge is 2.45. The number of hydrogen-bond donors (Lipinski definition) is 5. The van der Waals surface area contributed by atoms with Crippen LogP contribution in [0.1, 0.15) is 25.5 Å². The third-order valence-electron chi connectivity index (χ3n) is 8.86. The summed E-state index contributed by atoms with van der Waals surface area (Å²) in [6, 6.07) is 15.8. The van der Waals surface area contributed by atoms with E-state index in [0.717, 1.165) is 55.7 Å². The molecule has 4 atom stereocenters. The van der Waals surface area contributed by atoms with Crippen LogP contribution in [0.15, 0.2) is 54.9 Å². The second-order valence-electron chi connectivity index (χ2n) is 11.8. The lowest BCUT2D eigenvalue weighted by molar-refractivity contribution is -0.123. The molecular weight excluding hydrogens is 592 g/mol. The van der Waals surface area contributed by atoms with Gasteiger partial charge in [0.2, 0.25) is 11.9 Å². The summed E-state index contributed by atoms with van der Waals surface area (Å²) in [5, 5.41) is 31.2. The largest absolute Gasteiger partial charge is 0.493 e. The maximum Gasteiger partial charge on any atom is 0.220 e. The summed E-state index contributed by atoms with van der Waals surface area (Å²) in [6.07, 6.45) is -1.11. The molecule has 4 aromatic rings. The van der Waals surface area contributed by atoms with Crippen LogP contribution >= 0.6 is 0 Å². The van der Waals surface area contributed by atoms with E-state index < -0.39 is 31.1 Å². The smallest absolute Gasteiger partial charge is 0.220 e. The van der Waals surface area contributed by atoms with E-state index in [4.69, 9.17) is 25.9 Å². The number of carbonyl (C=O) groups excluding carboxylic acids is 1. The highest BCUT2D eigenvalue weighted by Crippen LogP contribution is 2.40. The Hall–Kier alpha value is -4.34. The van der Waals surface area contributed by atoms with Gasteiger partial charge in [0.1, 0.15) is 30.4 Å². The van der Waals surface area contributed by atoms with Gasteiger partial charge in [-0.1, -0.05) is 30.3 Å². The summed E-state index contributed by atoms with van der Waals surface area (Å²) < 4.78 is 13.9. The van der Waals surface area contributed by atoms with Crippen LogP contribution < -0.4 is 21.1 Å². The lowest BCUT2D eigenvalue weighted by atomic mass is 9.96. The number of piperidine rings is 1. The number of hydrogen-bond acceptors (Lipinski definition) is 12. The Morgan fingerprint density at radius 2 is 1.87 bits per heavy atom. The van der Waals surface area contributed by atoms with Crippen LogP contribution in [0.25, 0.3) is 22.3 Å². The number of fused-ring (bicyclic) bond motifs is 1. The van der Waals surface area contributed by atoms with Gasteiger partial charge in [0, 0.05) is 36.8 Å². The number of nitrogens with two attached hydrogens (primary N) is 2. The molecule has 2 aromatic carbocycles. The summed E-state index contributed by atoms with van der Waals surface area (Å²) in [5.74, 6) is 0.897. The summed E-state index contributed by atoms with van der Waals surface area (Å²) in [7, 11) is 1.81. The van der Waals surface area contributed by atoms with Crippen LogP contribution in [-0.2, 0) is 9.53 Å². The van der Waals surface area contributed by atoms with Crippen molar-refractivity contribution in [3.8, 4) is 16.9 Å². The molecule has 0 bridgehead atoms. The number of amides is 1. The van der Waals surface area contributed by atoms with Gasteiger partial charge in [0.15, 0.2) is 23.2 Å². The molecule has 6 rings (SSSR count). The number of carbonyl (C=O) groups is 1. The fraction of sp³-hybridized carbons (Fsp3) is 0.438. The van der Waals surface area contributed by atoms with Gasteiger partial charge in [-0.3, -0.25) is 9.36 Å². The second kappa shape index (κ2) is 13.6. The summed E-state index contributed by atoms with van der Waals surface area (Å²) in [5.41, 5.74) is 14.9. The Balaban J connectivity index is 1.28. The quantitative estimate of drug-likeness (QED) is 0.149. The lowest BCUT2D eigenvalue weighted by Gasteiger charge is -2.30. The number of imidazole rings is 1. The van der Waals surface area contributed by atoms with Crippen LogP contribution in [-0.4, -0.2) is 104 Å². The van der Waals surface area contributed by atoms with Crippen LogP contribution in [0.2, 0.25) is 0 Å². The van der Waals surface area contributed by atoms with Crippen molar-refractivity contribution in [3.05, 3.63) is 54.9 Å². The number of ether oxygens (including phenoxy) is 2. The first-order valence-corrected chi connectivity index (χ1v) is 15.4. The second-order valence-corrected chi connectivity index (χ2v) is 11.8. The molecule has 2 aliphatic heterocycles. The van der Waals surface area contributed by atoms with E-state index in [-0.39, 0.29) is 17.6 Å². The molecule has 0 saturated carbocycles. The van der Waals surface area contributed by atoms with Gasteiger partial charge in [0.25, 0.3) is 0 Å². The maximum atomic E-state index is 11.5. The highest BCUT2D eigenvalue weighted by molar-refractivity contribution is 5.85. The number of primary amides is 1. The third-order valence-corrected chi connectivity index (χ3v) is 8.86. The first-order valence-electron chi connectivity index (χ1n) is 15.4. The summed E-state index contributed by atoms with van der Waals surface area (Å²) in [6.45, 7) is 2.54. The molecule has 14 heteroatoms. The van der Waals surface area contributed by atoms with Crippen molar-refractivity contribution in [2.75, 3.05) is 50.5 Å². The molecule has 0 radical (unpaired) electrons. The van der Waals surface area contributed by atoms with Crippen molar-refractivity contribution in [2.45, 2.75) is 43.8 Å². The van der Waals surface area contributed by atoms with E-state index in [1.54, 1.807) is 16.5 Å². The highest BCUT2D eigenvalue weighted by atomic mass is 16.6. The fourth-order valence-corrected chi connectivity index (χ4v) is 6.20. The van der Waals surface area contributed by atoms with Crippen molar-refractivity contribution in [1.82, 2.24) is 24.4 Å². The van der Waals surface area contributed by atoms with Gasteiger partial charge in [-0.15, -0.1) is 0 Å².